The molecule has 0 aliphatic heterocycles. The summed E-state index contributed by atoms with van der Waals surface area (Å²) >= 11 is 0. The minimum atomic E-state index is -3.95. The fraction of sp³-hybridized carbons (Fsp3) is 0.826. The third-order valence-electron chi connectivity index (χ3n) is 4.93. The van der Waals surface area contributed by atoms with Crippen LogP contribution in [0.1, 0.15) is 104 Å². The van der Waals surface area contributed by atoms with E-state index >= 15 is 0 Å². The summed E-state index contributed by atoms with van der Waals surface area (Å²) in [5.74, 6) is 0. The van der Waals surface area contributed by atoms with Gasteiger partial charge in [-0.15, -0.1) is 0 Å². The zero-order chi connectivity index (χ0) is 21.6. The second-order valence-corrected chi connectivity index (χ2v) is 9.09. The zero-order valence-electron chi connectivity index (χ0n) is 19.0. The third-order valence-corrected chi connectivity index (χ3v) is 5.95. The molecule has 0 spiro atoms. The van der Waals surface area contributed by atoms with Crippen molar-refractivity contribution in [3.63, 3.8) is 0 Å². The fourth-order valence-corrected chi connectivity index (χ4v) is 3.94. The van der Waals surface area contributed by atoms with Crippen LogP contribution in [0.4, 0.5) is 0 Å². The van der Waals surface area contributed by atoms with Crippen LogP contribution in [-0.4, -0.2) is 29.6 Å². The summed E-state index contributed by atoms with van der Waals surface area (Å²) in [6.45, 7) is 8.67. The molecule has 0 saturated heterocycles. The predicted octanol–water partition coefficient (Wildman–Crippen LogP) is 7.58. The van der Waals surface area contributed by atoms with Crippen LogP contribution in [0, 0.1) is 0 Å². The Bertz CT molecular complexity index is 443. The van der Waals surface area contributed by atoms with Crippen molar-refractivity contribution in [2.75, 3.05) is 19.8 Å². The lowest BCUT2D eigenvalue weighted by Crippen LogP contribution is -2.15. The van der Waals surface area contributed by atoms with Gasteiger partial charge in [-0.25, -0.2) is 4.57 Å². The van der Waals surface area contributed by atoms with Gasteiger partial charge in [-0.05, 0) is 25.7 Å². The second-order valence-electron chi connectivity index (χ2n) is 7.63. The number of phosphoric ester groups is 1. The van der Waals surface area contributed by atoms with Gasteiger partial charge in [0.2, 0.25) is 0 Å². The quantitative estimate of drug-likeness (QED) is 0.141. The Morgan fingerprint density at radius 1 is 0.828 bits per heavy atom. The van der Waals surface area contributed by atoms with Crippen LogP contribution < -0.4 is 0 Å². The molecular weight excluding hydrogens is 385 g/mol. The van der Waals surface area contributed by atoms with Gasteiger partial charge in [0.15, 0.2) is 0 Å². The fourth-order valence-electron chi connectivity index (χ4n) is 3.19. The van der Waals surface area contributed by atoms with E-state index in [0.29, 0.717) is 6.54 Å². The number of phosphoric acid groups is 1. The highest BCUT2D eigenvalue weighted by atomic mass is 31.2. The molecule has 0 bridgehead atoms. The van der Waals surface area contributed by atoms with E-state index < -0.39 is 7.82 Å². The molecule has 0 aromatic heterocycles. The van der Waals surface area contributed by atoms with Crippen LogP contribution in [-0.2, 0) is 13.6 Å². The van der Waals surface area contributed by atoms with Crippen LogP contribution >= 0.6 is 7.82 Å². The van der Waals surface area contributed by atoms with Crippen LogP contribution in [0.25, 0.3) is 0 Å². The molecule has 29 heavy (non-hydrogen) atoms. The predicted molar refractivity (Wildman–Crippen MR) is 124 cm³/mol. The van der Waals surface area contributed by atoms with Crippen LogP contribution in [0.2, 0.25) is 0 Å². The van der Waals surface area contributed by atoms with Crippen molar-refractivity contribution in [2.24, 2.45) is 0 Å². The molecule has 0 rings (SSSR count). The van der Waals surface area contributed by atoms with E-state index in [0.717, 1.165) is 19.3 Å². The van der Waals surface area contributed by atoms with Crippen molar-refractivity contribution in [1.29, 1.82) is 0 Å². The molecule has 0 aliphatic carbocycles. The molecule has 6 heteroatoms. The Morgan fingerprint density at radius 2 is 1.28 bits per heavy atom. The minimum Gasteiger partial charge on any atom is -0.353 e. The number of hydrogen-bond acceptors (Lipinski definition) is 4. The summed E-state index contributed by atoms with van der Waals surface area (Å²) in [5.41, 5.74) is 0. The first-order valence-corrected chi connectivity index (χ1v) is 13.2. The van der Waals surface area contributed by atoms with E-state index in [4.69, 9.17) is 9.05 Å². The SMILES string of the molecule is C=CN(/C=C\C)CCOP(=O)(O)OCCCCCCCCCCCCCCCC. The van der Waals surface area contributed by atoms with E-state index in [-0.39, 0.29) is 13.2 Å². The first kappa shape index (κ1) is 28.4. The lowest BCUT2D eigenvalue weighted by molar-refractivity contribution is 0.142. The average molecular weight is 432 g/mol. The molecule has 0 aromatic carbocycles. The zero-order valence-corrected chi connectivity index (χ0v) is 19.9. The number of nitrogens with zero attached hydrogens (tertiary/aromatic N) is 1. The van der Waals surface area contributed by atoms with Gasteiger partial charge < -0.3 is 9.79 Å². The lowest BCUT2D eigenvalue weighted by Gasteiger charge is -2.16. The maximum atomic E-state index is 11.8. The van der Waals surface area contributed by atoms with Crippen molar-refractivity contribution in [3.8, 4) is 0 Å². The molecule has 1 unspecified atom stereocenters. The van der Waals surface area contributed by atoms with Crippen molar-refractivity contribution in [1.82, 2.24) is 4.90 Å². The molecule has 0 radical (unpaired) electrons. The summed E-state index contributed by atoms with van der Waals surface area (Å²) in [7, 11) is -3.95. The number of hydrogen-bond donors (Lipinski definition) is 1. The summed E-state index contributed by atoms with van der Waals surface area (Å²) < 4.78 is 21.9. The maximum Gasteiger partial charge on any atom is 0.472 e. The lowest BCUT2D eigenvalue weighted by atomic mass is 10.0. The number of rotatable bonds is 22. The van der Waals surface area contributed by atoms with Gasteiger partial charge in [0, 0.05) is 6.54 Å². The van der Waals surface area contributed by atoms with Crippen LogP contribution in [0.5, 0.6) is 0 Å². The van der Waals surface area contributed by atoms with E-state index in [9.17, 15) is 9.46 Å². The molecule has 0 heterocycles. The molecule has 0 fully saturated rings. The van der Waals surface area contributed by atoms with Crippen molar-refractivity contribution in [2.45, 2.75) is 104 Å². The molecule has 1 atom stereocenters. The number of allylic oxidation sites excluding steroid dienone is 1. The molecule has 0 aliphatic rings. The monoisotopic (exact) mass is 431 g/mol. The Balaban J connectivity index is 3.42. The highest BCUT2D eigenvalue weighted by Crippen LogP contribution is 2.43. The highest BCUT2D eigenvalue weighted by molar-refractivity contribution is 7.47. The third kappa shape index (κ3) is 20.4. The molecule has 172 valence electrons. The van der Waals surface area contributed by atoms with Gasteiger partial charge in [-0.1, -0.05) is 103 Å². The molecular formula is C23H46NO4P. The van der Waals surface area contributed by atoms with Crippen LogP contribution in [0.3, 0.4) is 0 Å². The summed E-state index contributed by atoms with van der Waals surface area (Å²) in [6.07, 6.45) is 23.3. The smallest absolute Gasteiger partial charge is 0.353 e. The van der Waals surface area contributed by atoms with Crippen LogP contribution in [0.15, 0.2) is 25.1 Å². The Labute approximate surface area is 180 Å². The molecule has 1 N–H and O–H groups in total. The summed E-state index contributed by atoms with van der Waals surface area (Å²) in [4.78, 5) is 11.5. The standard InChI is InChI=1S/C23H46NO4P/c1-4-7-8-9-10-11-12-13-14-15-16-17-18-19-22-27-29(25,26)28-23-21-24(6-3)20-5-2/h5-6,20H,3-4,7-19,21-23H2,1-2H3,(H,25,26)/b20-5-. The van der Waals surface area contributed by atoms with Gasteiger partial charge in [0.1, 0.15) is 0 Å². The van der Waals surface area contributed by atoms with E-state index in [2.05, 4.69) is 13.5 Å². The summed E-state index contributed by atoms with van der Waals surface area (Å²) in [5, 5.41) is 0. The molecule has 0 aromatic rings. The van der Waals surface area contributed by atoms with Crippen molar-refractivity contribution >= 4 is 7.82 Å². The Kier molecular flexibility index (Phi) is 20.2. The second kappa shape index (κ2) is 20.7. The summed E-state index contributed by atoms with van der Waals surface area (Å²) in [6, 6.07) is 0. The van der Waals surface area contributed by atoms with Gasteiger partial charge in [-0.2, -0.15) is 0 Å². The van der Waals surface area contributed by atoms with E-state index in [1.165, 1.54) is 70.6 Å². The Hall–Kier alpha value is -0.610. The first-order chi connectivity index (χ1) is 14.1. The van der Waals surface area contributed by atoms with Gasteiger partial charge in [-0.3, -0.25) is 9.05 Å². The molecule has 5 nitrogen and oxygen atoms in total. The van der Waals surface area contributed by atoms with Gasteiger partial charge in [0.05, 0.1) is 13.2 Å². The molecule has 0 saturated carbocycles. The Morgan fingerprint density at radius 3 is 1.72 bits per heavy atom. The van der Waals surface area contributed by atoms with Gasteiger partial charge >= 0.3 is 7.82 Å². The normalized spacial score (nSPS) is 13.6. The first-order valence-electron chi connectivity index (χ1n) is 11.7. The maximum absolute atomic E-state index is 11.8. The van der Waals surface area contributed by atoms with E-state index in [1.54, 1.807) is 11.1 Å². The van der Waals surface area contributed by atoms with Crippen molar-refractivity contribution < 1.29 is 18.5 Å². The molecule has 0 amide bonds. The average Bonchev–Trinajstić information content (AvgIpc) is 2.70. The number of unbranched alkanes of at least 4 members (excludes halogenated alkanes) is 13. The highest BCUT2D eigenvalue weighted by Gasteiger charge is 2.20. The van der Waals surface area contributed by atoms with Crippen molar-refractivity contribution in [3.05, 3.63) is 25.1 Å². The topological polar surface area (TPSA) is 59.0 Å². The van der Waals surface area contributed by atoms with E-state index in [1.807, 2.05) is 19.2 Å². The largest absolute Gasteiger partial charge is 0.472 e. The van der Waals surface area contributed by atoms with Gasteiger partial charge in [0.25, 0.3) is 0 Å². The minimum absolute atomic E-state index is 0.114.